The van der Waals surface area contributed by atoms with Gasteiger partial charge in [-0.3, -0.25) is 4.79 Å². The van der Waals surface area contributed by atoms with Crippen LogP contribution < -0.4 is 10.6 Å². The molecule has 24 heavy (non-hydrogen) atoms. The van der Waals surface area contributed by atoms with Crippen LogP contribution in [-0.4, -0.2) is 54.7 Å². The molecule has 0 spiro atoms. The van der Waals surface area contributed by atoms with Gasteiger partial charge in [0.15, 0.2) is 5.69 Å². The molecule has 2 aromatic rings. The summed E-state index contributed by atoms with van der Waals surface area (Å²) in [5.74, 6) is 0.493. The van der Waals surface area contributed by atoms with Gasteiger partial charge in [-0.2, -0.15) is 0 Å². The Balaban J connectivity index is 1.72. The lowest BCUT2D eigenvalue weighted by Crippen LogP contribution is -2.26. The molecule has 0 radical (unpaired) electrons. The lowest BCUT2D eigenvalue weighted by molar-refractivity contribution is 0.0948. The molecule has 1 amide bonds. The van der Waals surface area contributed by atoms with Gasteiger partial charge in [0.2, 0.25) is 0 Å². The van der Waals surface area contributed by atoms with Crippen LogP contribution in [0.4, 0.5) is 5.82 Å². The van der Waals surface area contributed by atoms with E-state index >= 15 is 0 Å². The van der Waals surface area contributed by atoms with E-state index in [1.54, 1.807) is 12.1 Å². The summed E-state index contributed by atoms with van der Waals surface area (Å²) in [6, 6.07) is 13.5. The summed E-state index contributed by atoms with van der Waals surface area (Å²) >= 11 is 0. The van der Waals surface area contributed by atoms with Crippen molar-refractivity contribution in [2.45, 2.75) is 12.8 Å². The van der Waals surface area contributed by atoms with Crippen molar-refractivity contribution in [2.24, 2.45) is 0 Å². The summed E-state index contributed by atoms with van der Waals surface area (Å²) in [6.07, 6.45) is 1.82. The van der Waals surface area contributed by atoms with Crippen molar-refractivity contribution in [3.8, 4) is 0 Å². The van der Waals surface area contributed by atoms with Crippen molar-refractivity contribution in [1.82, 2.24) is 20.4 Å². The van der Waals surface area contributed by atoms with E-state index < -0.39 is 0 Å². The minimum absolute atomic E-state index is 0.197. The Morgan fingerprint density at radius 1 is 1.04 bits per heavy atom. The lowest BCUT2D eigenvalue weighted by Gasteiger charge is -2.10. The molecule has 0 aliphatic rings. The molecule has 0 aliphatic carbocycles. The van der Waals surface area contributed by atoms with Crippen molar-refractivity contribution in [1.29, 1.82) is 0 Å². The quantitative estimate of drug-likeness (QED) is 0.688. The largest absolute Gasteiger partial charge is 0.369 e. The van der Waals surface area contributed by atoms with E-state index in [9.17, 15) is 4.79 Å². The highest BCUT2D eigenvalue weighted by Crippen LogP contribution is 2.03. The number of nitrogens with one attached hydrogen (secondary N) is 2. The smallest absolute Gasteiger partial charge is 0.271 e. The molecular formula is C18H25N5O. The van der Waals surface area contributed by atoms with Crippen molar-refractivity contribution in [3.63, 3.8) is 0 Å². The SMILES string of the molecule is CN(C)CCCNc1ccc(C(=O)NCCc2ccccc2)nn1. The fraction of sp³-hybridized carbons (Fsp3) is 0.389. The first-order valence-corrected chi connectivity index (χ1v) is 8.19. The van der Waals surface area contributed by atoms with Crippen LogP contribution in [0.5, 0.6) is 0 Å². The van der Waals surface area contributed by atoms with Gasteiger partial charge in [-0.15, -0.1) is 10.2 Å². The summed E-state index contributed by atoms with van der Waals surface area (Å²) in [6.45, 7) is 2.42. The second-order valence-electron chi connectivity index (χ2n) is 5.88. The van der Waals surface area contributed by atoms with Gasteiger partial charge in [0.05, 0.1) is 0 Å². The molecule has 0 atom stereocenters. The Morgan fingerprint density at radius 2 is 1.83 bits per heavy atom. The molecule has 128 valence electrons. The molecule has 0 unspecified atom stereocenters. The third-order valence-electron chi connectivity index (χ3n) is 3.53. The van der Waals surface area contributed by atoms with Gasteiger partial charge in [0, 0.05) is 13.1 Å². The molecule has 0 saturated carbocycles. The highest BCUT2D eigenvalue weighted by molar-refractivity contribution is 5.92. The van der Waals surface area contributed by atoms with E-state index in [1.807, 2.05) is 44.4 Å². The molecule has 6 heteroatoms. The number of anilines is 1. The highest BCUT2D eigenvalue weighted by atomic mass is 16.1. The number of hydrogen-bond acceptors (Lipinski definition) is 5. The second kappa shape index (κ2) is 9.62. The first kappa shape index (κ1) is 17.9. The maximum Gasteiger partial charge on any atom is 0.271 e. The minimum atomic E-state index is -0.197. The predicted molar refractivity (Wildman–Crippen MR) is 96.2 cm³/mol. The summed E-state index contributed by atoms with van der Waals surface area (Å²) < 4.78 is 0. The van der Waals surface area contributed by atoms with Crippen LogP contribution in [0.15, 0.2) is 42.5 Å². The maximum absolute atomic E-state index is 12.0. The molecule has 0 fully saturated rings. The summed E-state index contributed by atoms with van der Waals surface area (Å²) in [5.41, 5.74) is 1.53. The molecule has 0 aliphatic heterocycles. The van der Waals surface area contributed by atoms with Gasteiger partial charge in [-0.25, -0.2) is 0 Å². The molecule has 2 rings (SSSR count). The zero-order chi connectivity index (χ0) is 17.2. The van der Waals surface area contributed by atoms with E-state index in [1.165, 1.54) is 5.56 Å². The number of aromatic nitrogens is 2. The Kier molecular flexibility index (Phi) is 7.17. The van der Waals surface area contributed by atoms with Gasteiger partial charge in [-0.05, 0) is 51.2 Å². The Hall–Kier alpha value is -2.47. The molecule has 2 N–H and O–H groups in total. The van der Waals surface area contributed by atoms with Crippen LogP contribution in [0.1, 0.15) is 22.5 Å². The van der Waals surface area contributed by atoms with Crippen LogP contribution in [0.3, 0.4) is 0 Å². The molecular weight excluding hydrogens is 302 g/mol. The molecule has 0 bridgehead atoms. The molecule has 6 nitrogen and oxygen atoms in total. The summed E-state index contributed by atoms with van der Waals surface area (Å²) in [7, 11) is 4.09. The van der Waals surface area contributed by atoms with E-state index in [-0.39, 0.29) is 5.91 Å². The highest BCUT2D eigenvalue weighted by Gasteiger charge is 2.07. The number of amides is 1. The molecule has 1 heterocycles. The average molecular weight is 327 g/mol. The third kappa shape index (κ3) is 6.34. The Bertz CT molecular complexity index is 613. The van der Waals surface area contributed by atoms with Crippen LogP contribution in [-0.2, 0) is 6.42 Å². The number of carbonyl (C=O) groups is 1. The minimum Gasteiger partial charge on any atom is -0.369 e. The maximum atomic E-state index is 12.0. The van der Waals surface area contributed by atoms with E-state index in [0.29, 0.717) is 18.1 Å². The zero-order valence-electron chi connectivity index (χ0n) is 14.3. The average Bonchev–Trinajstić information content (AvgIpc) is 2.60. The van der Waals surface area contributed by atoms with Crippen LogP contribution in [0.2, 0.25) is 0 Å². The molecule has 0 saturated heterocycles. The fourth-order valence-electron chi connectivity index (χ4n) is 2.22. The number of carbonyl (C=O) groups excluding carboxylic acids is 1. The summed E-state index contributed by atoms with van der Waals surface area (Å²) in [4.78, 5) is 14.2. The monoisotopic (exact) mass is 327 g/mol. The van der Waals surface area contributed by atoms with Crippen LogP contribution in [0.25, 0.3) is 0 Å². The van der Waals surface area contributed by atoms with Crippen molar-refractivity contribution >= 4 is 11.7 Å². The third-order valence-corrected chi connectivity index (χ3v) is 3.53. The van der Waals surface area contributed by atoms with Gasteiger partial charge in [0.25, 0.3) is 5.91 Å². The van der Waals surface area contributed by atoms with Crippen molar-refractivity contribution in [3.05, 3.63) is 53.7 Å². The van der Waals surface area contributed by atoms with E-state index in [2.05, 4.69) is 25.7 Å². The second-order valence-corrected chi connectivity index (χ2v) is 5.88. The van der Waals surface area contributed by atoms with Gasteiger partial charge < -0.3 is 15.5 Å². The van der Waals surface area contributed by atoms with Crippen LogP contribution in [0, 0.1) is 0 Å². The predicted octanol–water partition coefficient (Wildman–Crippen LogP) is 1.81. The number of rotatable bonds is 9. The zero-order valence-corrected chi connectivity index (χ0v) is 14.3. The number of benzene rings is 1. The lowest BCUT2D eigenvalue weighted by atomic mass is 10.1. The first-order valence-electron chi connectivity index (χ1n) is 8.19. The topological polar surface area (TPSA) is 70.2 Å². The van der Waals surface area contributed by atoms with E-state index in [0.717, 1.165) is 25.9 Å². The summed E-state index contributed by atoms with van der Waals surface area (Å²) in [5, 5.41) is 14.1. The number of hydrogen-bond donors (Lipinski definition) is 2. The van der Waals surface area contributed by atoms with Crippen molar-refractivity contribution < 1.29 is 4.79 Å². The fourth-order valence-corrected chi connectivity index (χ4v) is 2.22. The standard InChI is InChI=1S/C18H25N5O/c1-23(2)14-6-12-19-17-10-9-16(21-22-17)18(24)20-13-11-15-7-4-3-5-8-15/h3-5,7-10H,6,11-14H2,1-2H3,(H,19,22)(H,20,24). The van der Waals surface area contributed by atoms with Crippen LogP contribution >= 0.6 is 0 Å². The van der Waals surface area contributed by atoms with Gasteiger partial charge >= 0.3 is 0 Å². The molecule has 1 aromatic carbocycles. The van der Waals surface area contributed by atoms with Gasteiger partial charge in [0.1, 0.15) is 5.82 Å². The Morgan fingerprint density at radius 3 is 2.50 bits per heavy atom. The first-order chi connectivity index (χ1) is 11.6. The van der Waals surface area contributed by atoms with E-state index in [4.69, 9.17) is 0 Å². The normalized spacial score (nSPS) is 10.6. The van der Waals surface area contributed by atoms with Crippen molar-refractivity contribution in [2.75, 3.05) is 39.0 Å². The molecule has 1 aromatic heterocycles. The van der Waals surface area contributed by atoms with Gasteiger partial charge in [-0.1, -0.05) is 30.3 Å². The number of nitrogens with zero attached hydrogens (tertiary/aromatic N) is 3. The Labute approximate surface area is 143 Å².